The lowest BCUT2D eigenvalue weighted by atomic mass is 9.87. The molecule has 0 saturated carbocycles. The van der Waals surface area contributed by atoms with E-state index < -0.39 is 0 Å². The molecular formula is C43H37N. The van der Waals surface area contributed by atoms with Crippen LogP contribution in [0.15, 0.2) is 175 Å². The van der Waals surface area contributed by atoms with Crippen molar-refractivity contribution < 1.29 is 0 Å². The molecule has 214 valence electrons. The minimum Gasteiger partial charge on any atom is -0.248 e. The third-order valence-corrected chi connectivity index (χ3v) is 8.30. The number of rotatable bonds is 8. The Kier molecular flexibility index (Phi) is 8.75. The summed E-state index contributed by atoms with van der Waals surface area (Å²) in [6.07, 6.45) is 10.1. The molecule has 6 rings (SSSR count). The highest BCUT2D eigenvalue weighted by atomic mass is 14.8. The van der Waals surface area contributed by atoms with Crippen LogP contribution in [0.25, 0.3) is 33.5 Å². The molecule has 1 heteroatoms. The van der Waals surface area contributed by atoms with Crippen LogP contribution >= 0.6 is 0 Å². The Morgan fingerprint density at radius 3 is 1.68 bits per heavy atom. The first-order chi connectivity index (χ1) is 21.5. The van der Waals surface area contributed by atoms with Gasteiger partial charge in [0.15, 0.2) is 0 Å². The second-order valence-corrected chi connectivity index (χ2v) is 11.4. The Labute approximate surface area is 262 Å². The first-order valence-corrected chi connectivity index (χ1v) is 15.3. The highest BCUT2D eigenvalue weighted by Crippen LogP contribution is 2.30. The van der Waals surface area contributed by atoms with Gasteiger partial charge in [-0.1, -0.05) is 169 Å². The molecule has 5 aromatic carbocycles. The van der Waals surface area contributed by atoms with E-state index in [0.717, 1.165) is 29.0 Å². The molecule has 0 amide bonds. The zero-order chi connectivity index (χ0) is 30.3. The van der Waals surface area contributed by atoms with Crippen LogP contribution in [0.5, 0.6) is 0 Å². The van der Waals surface area contributed by atoms with E-state index >= 15 is 0 Å². The summed E-state index contributed by atoms with van der Waals surface area (Å²) in [6, 6.07) is 46.9. The van der Waals surface area contributed by atoms with Crippen LogP contribution in [-0.4, -0.2) is 5.71 Å². The lowest BCUT2D eigenvalue weighted by Gasteiger charge is -2.18. The number of allylic oxidation sites excluding steroid dienone is 6. The largest absolute Gasteiger partial charge is 0.248 e. The maximum Gasteiger partial charge on any atom is 0.0708 e. The summed E-state index contributed by atoms with van der Waals surface area (Å²) in [5.74, 6) is 0.318. The summed E-state index contributed by atoms with van der Waals surface area (Å²) >= 11 is 0. The normalized spacial score (nSPS) is 15.1. The van der Waals surface area contributed by atoms with E-state index in [1.165, 1.54) is 44.5 Å². The maximum absolute atomic E-state index is 5.14. The number of nitrogens with zero attached hydrogens (tertiary/aromatic N) is 1. The fourth-order valence-corrected chi connectivity index (χ4v) is 5.58. The fourth-order valence-electron chi connectivity index (χ4n) is 5.58. The number of benzene rings is 5. The molecule has 5 aromatic rings. The highest BCUT2D eigenvalue weighted by Gasteiger charge is 2.14. The quantitative estimate of drug-likeness (QED) is 0.165. The predicted molar refractivity (Wildman–Crippen MR) is 189 cm³/mol. The first kappa shape index (κ1) is 28.8. The van der Waals surface area contributed by atoms with Crippen LogP contribution in [0.2, 0.25) is 0 Å². The molecule has 1 aliphatic carbocycles. The van der Waals surface area contributed by atoms with Crippen LogP contribution in [0, 0.1) is 12.8 Å². The van der Waals surface area contributed by atoms with E-state index in [9.17, 15) is 0 Å². The minimum absolute atomic E-state index is 0.318. The fraction of sp³-hybridized carbons (Fsp3) is 0.0930. The van der Waals surface area contributed by atoms with Crippen molar-refractivity contribution in [2.45, 2.75) is 20.3 Å². The van der Waals surface area contributed by atoms with Gasteiger partial charge in [-0.25, -0.2) is 4.99 Å². The molecule has 0 fully saturated rings. The maximum atomic E-state index is 5.14. The summed E-state index contributed by atoms with van der Waals surface area (Å²) in [6.45, 7) is 8.72. The molecule has 1 unspecified atom stereocenters. The first-order valence-electron chi connectivity index (χ1n) is 15.3. The van der Waals surface area contributed by atoms with Gasteiger partial charge in [0.25, 0.3) is 0 Å². The van der Waals surface area contributed by atoms with Gasteiger partial charge in [0.2, 0.25) is 0 Å². The van der Waals surface area contributed by atoms with Crippen molar-refractivity contribution in [3.05, 3.63) is 192 Å². The molecule has 1 nitrogen and oxygen atoms in total. The molecule has 1 atom stereocenters. The van der Waals surface area contributed by atoms with E-state index in [1.807, 2.05) is 6.07 Å². The van der Waals surface area contributed by atoms with E-state index in [-0.39, 0.29) is 0 Å². The van der Waals surface area contributed by atoms with Crippen LogP contribution in [0.4, 0.5) is 0 Å². The lowest BCUT2D eigenvalue weighted by molar-refractivity contribution is 0.770. The molecule has 0 spiro atoms. The Morgan fingerprint density at radius 2 is 1.14 bits per heavy atom. The average Bonchev–Trinajstić information content (AvgIpc) is 3.09. The average molecular weight is 568 g/mol. The SMILES string of the molecule is C=C(N=C(/C=C(\C)C1C=CC(c2ccccc2)=CC1)c1ccc(-c2ccccc2)cc1)c1ccc(-c2ccc(C)cc2)cc1. The van der Waals surface area contributed by atoms with Gasteiger partial charge in [0.05, 0.1) is 11.4 Å². The van der Waals surface area contributed by atoms with Crippen LogP contribution in [-0.2, 0) is 0 Å². The molecular weight excluding hydrogens is 530 g/mol. The van der Waals surface area contributed by atoms with Gasteiger partial charge in [-0.15, -0.1) is 0 Å². The molecule has 0 saturated heterocycles. The molecule has 0 aromatic heterocycles. The van der Waals surface area contributed by atoms with Gasteiger partial charge in [0.1, 0.15) is 0 Å². The molecule has 0 radical (unpaired) electrons. The molecule has 0 bridgehead atoms. The molecule has 0 heterocycles. The monoisotopic (exact) mass is 567 g/mol. The van der Waals surface area contributed by atoms with Gasteiger partial charge in [-0.3, -0.25) is 0 Å². The van der Waals surface area contributed by atoms with Gasteiger partial charge in [-0.05, 0) is 65.3 Å². The summed E-state index contributed by atoms with van der Waals surface area (Å²) in [7, 11) is 0. The zero-order valence-corrected chi connectivity index (χ0v) is 25.4. The van der Waals surface area contributed by atoms with Crippen molar-refractivity contribution >= 4 is 17.0 Å². The Morgan fingerprint density at radius 1 is 0.636 bits per heavy atom. The Bertz CT molecular complexity index is 1850. The molecule has 0 aliphatic heterocycles. The smallest absolute Gasteiger partial charge is 0.0708 e. The van der Waals surface area contributed by atoms with Gasteiger partial charge in [-0.2, -0.15) is 0 Å². The second kappa shape index (κ2) is 13.4. The number of hydrogen-bond acceptors (Lipinski definition) is 1. The van der Waals surface area contributed by atoms with Crippen LogP contribution in [0.1, 0.15) is 35.6 Å². The Hall–Kier alpha value is -5.27. The highest BCUT2D eigenvalue weighted by molar-refractivity contribution is 6.11. The van der Waals surface area contributed by atoms with Gasteiger partial charge >= 0.3 is 0 Å². The third-order valence-electron chi connectivity index (χ3n) is 8.30. The van der Waals surface area contributed by atoms with E-state index in [4.69, 9.17) is 4.99 Å². The summed E-state index contributed by atoms with van der Waals surface area (Å²) in [4.78, 5) is 5.14. The van der Waals surface area contributed by atoms with Crippen molar-refractivity contribution in [3.8, 4) is 22.3 Å². The molecule has 44 heavy (non-hydrogen) atoms. The lowest BCUT2D eigenvalue weighted by Crippen LogP contribution is -2.06. The van der Waals surface area contributed by atoms with Crippen LogP contribution < -0.4 is 0 Å². The van der Waals surface area contributed by atoms with E-state index in [0.29, 0.717) is 5.92 Å². The topological polar surface area (TPSA) is 12.4 Å². The molecule has 1 aliphatic rings. The standard InChI is InChI=1S/C43H37N/c1-31-14-16-38(17-15-31)41-24-20-35(21-25-41)33(3)44-43(42-28-26-40(27-29-42)37-12-8-5-9-13-37)30-32(2)34-18-22-39(23-19-34)36-10-6-4-7-11-36/h4-18,20-30,34H,3,19H2,1-2H3/b32-30+,44-43?. The minimum atomic E-state index is 0.318. The number of hydrogen-bond donors (Lipinski definition) is 0. The van der Waals surface area contributed by atoms with Gasteiger partial charge < -0.3 is 0 Å². The summed E-state index contributed by atoms with van der Waals surface area (Å²) in [5.41, 5.74) is 13.6. The summed E-state index contributed by atoms with van der Waals surface area (Å²) in [5, 5.41) is 0. The predicted octanol–water partition coefficient (Wildman–Crippen LogP) is 11.4. The van der Waals surface area contributed by atoms with E-state index in [1.54, 1.807) is 0 Å². The van der Waals surface area contributed by atoms with Crippen molar-refractivity contribution in [2.75, 3.05) is 0 Å². The summed E-state index contributed by atoms with van der Waals surface area (Å²) < 4.78 is 0. The van der Waals surface area contributed by atoms with Crippen LogP contribution in [0.3, 0.4) is 0 Å². The second-order valence-electron chi connectivity index (χ2n) is 11.4. The van der Waals surface area contributed by atoms with Crippen molar-refractivity contribution in [1.82, 2.24) is 0 Å². The van der Waals surface area contributed by atoms with Crippen molar-refractivity contribution in [2.24, 2.45) is 10.9 Å². The number of aliphatic imine (C=N–C) groups is 1. The zero-order valence-electron chi connectivity index (χ0n) is 25.4. The van der Waals surface area contributed by atoms with E-state index in [2.05, 4.69) is 172 Å². The van der Waals surface area contributed by atoms with Crippen molar-refractivity contribution in [1.29, 1.82) is 0 Å². The van der Waals surface area contributed by atoms with Gasteiger partial charge in [0, 0.05) is 11.5 Å². The number of aryl methyl sites for hydroxylation is 1. The third kappa shape index (κ3) is 6.85. The molecule has 0 N–H and O–H groups in total. The Balaban J connectivity index is 1.29. The van der Waals surface area contributed by atoms with Crippen molar-refractivity contribution in [3.63, 3.8) is 0 Å².